The summed E-state index contributed by atoms with van der Waals surface area (Å²) < 4.78 is -0.00144. The Labute approximate surface area is 235 Å². The van der Waals surface area contributed by atoms with Crippen LogP contribution in [0.15, 0.2) is 146 Å². The maximum Gasteiger partial charge on any atom is 0.0700 e. The van der Waals surface area contributed by atoms with Crippen molar-refractivity contribution in [1.29, 1.82) is 5.41 Å². The largest absolute Gasteiger partial charge is 0.300 e. The third kappa shape index (κ3) is 6.21. The Morgan fingerprint density at radius 1 is 1.03 bits per heavy atom. The summed E-state index contributed by atoms with van der Waals surface area (Å²) in [5, 5.41) is 11.0. The normalized spacial score (nSPS) is 17.3. The second-order valence-corrected chi connectivity index (χ2v) is 11.5. The van der Waals surface area contributed by atoms with Crippen LogP contribution in [0.2, 0.25) is 0 Å². The molecular weight excluding hydrogens is 496 g/mol. The van der Waals surface area contributed by atoms with E-state index in [-0.39, 0.29) is 4.75 Å². The highest BCUT2D eigenvalue weighted by molar-refractivity contribution is 8.09. The number of rotatable bonds is 10. The van der Waals surface area contributed by atoms with Gasteiger partial charge in [0.05, 0.1) is 17.1 Å². The number of aromatic nitrogens is 1. The molecule has 3 aromatic rings. The minimum Gasteiger partial charge on any atom is -0.300 e. The number of hydrazine groups is 1. The van der Waals surface area contributed by atoms with Gasteiger partial charge in [0, 0.05) is 45.3 Å². The van der Waals surface area contributed by atoms with E-state index in [4.69, 9.17) is 5.41 Å². The Morgan fingerprint density at radius 3 is 2.46 bits per heavy atom. The number of thioether (sulfide) groups is 1. The zero-order valence-electron chi connectivity index (χ0n) is 22.2. The van der Waals surface area contributed by atoms with Gasteiger partial charge < -0.3 is 5.43 Å². The third-order valence-corrected chi connectivity index (χ3v) is 7.84. The predicted molar refractivity (Wildman–Crippen MR) is 166 cm³/mol. The molecule has 5 heteroatoms. The van der Waals surface area contributed by atoms with Gasteiger partial charge in [-0.3, -0.25) is 15.4 Å². The van der Waals surface area contributed by atoms with E-state index in [2.05, 4.69) is 96.5 Å². The molecular formula is C34H32N4S. The van der Waals surface area contributed by atoms with Gasteiger partial charge in [0.1, 0.15) is 0 Å². The number of hydrogen-bond acceptors (Lipinski definition) is 5. The van der Waals surface area contributed by atoms with Crippen molar-refractivity contribution in [1.82, 2.24) is 10.4 Å². The Kier molecular flexibility index (Phi) is 7.80. The fraction of sp³-hybridized carbons (Fsp3) is 0.118. The van der Waals surface area contributed by atoms with Gasteiger partial charge in [-0.15, -0.1) is 11.8 Å². The van der Waals surface area contributed by atoms with Crippen LogP contribution in [0.4, 0.5) is 5.69 Å². The molecule has 0 saturated heterocycles. The number of benzene rings is 2. The number of anilines is 1. The fourth-order valence-corrected chi connectivity index (χ4v) is 5.78. The topological polar surface area (TPSA) is 52.0 Å². The summed E-state index contributed by atoms with van der Waals surface area (Å²) >= 11 is 1.89. The highest BCUT2D eigenvalue weighted by atomic mass is 32.2. The van der Waals surface area contributed by atoms with Gasteiger partial charge in [-0.25, -0.2) is 0 Å². The molecule has 2 heterocycles. The van der Waals surface area contributed by atoms with Crippen LogP contribution >= 0.6 is 11.8 Å². The van der Waals surface area contributed by atoms with Crippen LogP contribution in [0, 0.1) is 11.3 Å². The average molecular weight is 529 g/mol. The van der Waals surface area contributed by atoms with Crippen molar-refractivity contribution in [3.63, 3.8) is 0 Å². The predicted octanol–water partition coefficient (Wildman–Crippen LogP) is 8.18. The maximum absolute atomic E-state index is 8.87. The summed E-state index contributed by atoms with van der Waals surface area (Å²) in [5.74, 6) is 0.318. The first-order valence-electron chi connectivity index (χ1n) is 13.0. The van der Waals surface area contributed by atoms with Crippen molar-refractivity contribution in [2.24, 2.45) is 5.92 Å². The van der Waals surface area contributed by atoms with Gasteiger partial charge in [-0.2, -0.15) is 0 Å². The molecule has 0 atom stereocenters. The van der Waals surface area contributed by atoms with Crippen molar-refractivity contribution < 1.29 is 0 Å². The zero-order chi connectivity index (χ0) is 27.2. The van der Waals surface area contributed by atoms with Gasteiger partial charge in [0.15, 0.2) is 0 Å². The molecule has 2 N–H and O–H groups in total. The minimum absolute atomic E-state index is 0.00144. The molecule has 0 spiro atoms. The van der Waals surface area contributed by atoms with Crippen molar-refractivity contribution in [2.45, 2.75) is 18.6 Å². The van der Waals surface area contributed by atoms with Crippen molar-refractivity contribution >= 4 is 28.1 Å². The maximum atomic E-state index is 8.87. The van der Waals surface area contributed by atoms with Gasteiger partial charge in [0.25, 0.3) is 0 Å². The number of hydrogen-bond donors (Lipinski definition) is 2. The Hall–Kier alpha value is -4.35. The molecule has 0 radical (unpaired) electrons. The first-order valence-corrected chi connectivity index (χ1v) is 13.8. The molecule has 1 aliphatic carbocycles. The lowest BCUT2D eigenvalue weighted by Crippen LogP contribution is -2.34. The standard InChI is InChI=1S/C34H32N4S/c1-4-5-11-27(33(35)26-18-20-36-21-19-26)24-37-38(28-12-7-6-8-13-28)29(22-25-16-17-25)23-32-30-14-9-10-15-31(30)34(2,3)39-32/h4-25,35,37H,1H2,2-3H3/b11-5-,27-24-,29-22+,32-23-,35-33?. The summed E-state index contributed by atoms with van der Waals surface area (Å²) in [6, 6.07) is 22.6. The lowest BCUT2D eigenvalue weighted by molar-refractivity contribution is 0.793. The molecule has 1 aromatic heterocycles. The van der Waals surface area contributed by atoms with Crippen LogP contribution in [0.25, 0.3) is 4.91 Å². The van der Waals surface area contributed by atoms with Gasteiger partial charge >= 0.3 is 0 Å². The van der Waals surface area contributed by atoms with Gasteiger partial charge in [0.2, 0.25) is 0 Å². The van der Waals surface area contributed by atoms with Gasteiger partial charge in [-0.05, 0) is 61.4 Å². The number of fused-ring (bicyclic) bond motifs is 1. The lowest BCUT2D eigenvalue weighted by atomic mass is 9.96. The van der Waals surface area contributed by atoms with E-state index in [1.165, 1.54) is 16.0 Å². The van der Waals surface area contributed by atoms with Crippen molar-refractivity contribution in [2.75, 3.05) is 5.01 Å². The number of nitrogens with one attached hydrogen (secondary N) is 2. The number of nitrogens with zero attached hydrogens (tertiary/aromatic N) is 2. The van der Waals surface area contributed by atoms with E-state index >= 15 is 0 Å². The molecule has 0 bridgehead atoms. The summed E-state index contributed by atoms with van der Waals surface area (Å²) in [4.78, 5) is 5.34. The molecule has 2 aromatic carbocycles. The first kappa shape index (κ1) is 26.3. The highest BCUT2D eigenvalue weighted by Gasteiger charge is 2.34. The summed E-state index contributed by atoms with van der Waals surface area (Å²) in [6.45, 7) is 8.37. The highest BCUT2D eigenvalue weighted by Crippen LogP contribution is 2.54. The number of pyridine rings is 1. The Balaban J connectivity index is 1.56. The summed E-state index contributed by atoms with van der Waals surface area (Å²) in [5.41, 5.74) is 10.1. The molecule has 0 amide bonds. The molecule has 2 aliphatic rings. The van der Waals surface area contributed by atoms with E-state index < -0.39 is 0 Å². The fourth-order valence-electron chi connectivity index (χ4n) is 4.48. The molecule has 194 valence electrons. The van der Waals surface area contributed by atoms with E-state index in [9.17, 15) is 0 Å². The van der Waals surface area contributed by atoms with Crippen LogP contribution in [0.5, 0.6) is 0 Å². The first-order chi connectivity index (χ1) is 19.0. The van der Waals surface area contributed by atoms with Crippen LogP contribution in [0.3, 0.4) is 0 Å². The minimum atomic E-state index is -0.00144. The average Bonchev–Trinajstić information content (AvgIpc) is 3.74. The van der Waals surface area contributed by atoms with Crippen molar-refractivity contribution in [3.05, 3.63) is 162 Å². The smallest absolute Gasteiger partial charge is 0.0700 e. The van der Waals surface area contributed by atoms with Crippen molar-refractivity contribution in [3.8, 4) is 0 Å². The quantitative estimate of drug-likeness (QED) is 0.121. The van der Waals surface area contributed by atoms with Crippen LogP contribution in [-0.4, -0.2) is 10.7 Å². The lowest BCUT2D eigenvalue weighted by Gasteiger charge is -2.27. The Morgan fingerprint density at radius 2 is 1.74 bits per heavy atom. The van der Waals surface area contributed by atoms with Crippen LogP contribution < -0.4 is 10.4 Å². The molecule has 39 heavy (non-hydrogen) atoms. The van der Waals surface area contributed by atoms with E-state index in [0.717, 1.165) is 22.5 Å². The number of allylic oxidation sites excluding steroid dienone is 8. The second kappa shape index (κ2) is 11.6. The molecule has 1 aliphatic heterocycles. The molecule has 0 unspecified atom stereocenters. The van der Waals surface area contributed by atoms with E-state index in [1.807, 2.05) is 60.4 Å². The monoisotopic (exact) mass is 528 g/mol. The zero-order valence-corrected chi connectivity index (χ0v) is 23.0. The second-order valence-electron chi connectivity index (χ2n) is 9.83. The number of para-hydroxylation sites is 1. The third-order valence-electron chi connectivity index (χ3n) is 6.55. The Bertz CT molecular complexity index is 1510. The SMILES string of the molecule is C=C/C=C\C(=C\NN(C(/C=C1\SC(C)(C)c2ccccc21)=C/C1C=C1)c1ccccc1)C(=N)c1ccncc1. The summed E-state index contributed by atoms with van der Waals surface area (Å²) in [7, 11) is 0. The van der Waals surface area contributed by atoms with E-state index in [0.29, 0.717) is 11.6 Å². The molecule has 4 nitrogen and oxygen atoms in total. The van der Waals surface area contributed by atoms with Crippen LogP contribution in [-0.2, 0) is 4.75 Å². The van der Waals surface area contributed by atoms with Crippen LogP contribution in [0.1, 0.15) is 30.5 Å². The van der Waals surface area contributed by atoms with E-state index in [1.54, 1.807) is 18.5 Å². The molecule has 0 fully saturated rings. The van der Waals surface area contributed by atoms with Gasteiger partial charge in [-0.1, -0.05) is 79.4 Å². The molecule has 5 rings (SSSR count). The molecule has 0 saturated carbocycles. The summed E-state index contributed by atoms with van der Waals surface area (Å²) in [6.07, 6.45) is 19.7.